The minimum Gasteiger partial charge on any atom is -0.310 e. The first-order valence-corrected chi connectivity index (χ1v) is 21.0. The van der Waals surface area contributed by atoms with E-state index in [4.69, 9.17) is 0 Å². The summed E-state index contributed by atoms with van der Waals surface area (Å²) < 4.78 is 2.37. The maximum absolute atomic E-state index is 2.40. The van der Waals surface area contributed by atoms with Crippen LogP contribution in [0.1, 0.15) is 25.3 Å². The Labute approximate surface area is 358 Å². The average Bonchev–Trinajstić information content (AvgIpc) is 3.65. The Morgan fingerprint density at radius 3 is 1.15 bits per heavy atom. The van der Waals surface area contributed by atoms with Crippen LogP contribution in [0.15, 0.2) is 237 Å². The molecule has 294 valence electrons. The van der Waals surface area contributed by atoms with Crippen LogP contribution in [0.2, 0.25) is 0 Å². The molecular weight excluding hydrogens is 741 g/mol. The monoisotopic (exact) mass is 786 g/mol. The Hall–Kier alpha value is -7.82. The zero-order valence-electron chi connectivity index (χ0n) is 34.4. The van der Waals surface area contributed by atoms with Gasteiger partial charge in [-0.25, -0.2) is 0 Å². The maximum Gasteiger partial charge on any atom is 0.0542 e. The van der Waals surface area contributed by atoms with Crippen LogP contribution in [0, 0.1) is 0 Å². The normalized spacial score (nSPS) is 11.3. The van der Waals surface area contributed by atoms with Crippen molar-refractivity contribution >= 4 is 73.0 Å². The number of aromatic nitrogens is 1. The van der Waals surface area contributed by atoms with Crippen LogP contribution in [0.3, 0.4) is 0 Å². The lowest BCUT2D eigenvalue weighted by atomic mass is 10.0. The number of rotatable bonds is 11. The molecule has 0 unspecified atom stereocenters. The van der Waals surface area contributed by atoms with E-state index in [-0.39, 0.29) is 0 Å². The van der Waals surface area contributed by atoms with Gasteiger partial charge in [0.05, 0.1) is 11.0 Å². The highest BCUT2D eigenvalue weighted by Gasteiger charge is 2.21. The van der Waals surface area contributed by atoms with Gasteiger partial charge in [-0.05, 0) is 133 Å². The molecule has 0 aliphatic rings. The van der Waals surface area contributed by atoms with Crippen LogP contribution in [0.25, 0.3) is 27.5 Å². The first-order valence-electron chi connectivity index (χ1n) is 21.0. The second-order valence-corrected chi connectivity index (χ2v) is 15.7. The van der Waals surface area contributed by atoms with Crippen LogP contribution >= 0.6 is 0 Å². The predicted molar refractivity (Wildman–Crippen MR) is 259 cm³/mol. The van der Waals surface area contributed by atoms with Crippen LogP contribution in [0.4, 0.5) is 51.2 Å². The quantitative estimate of drug-likeness (QED) is 0.130. The number of hydrogen-bond donors (Lipinski definition) is 0. The van der Waals surface area contributed by atoms with E-state index in [2.05, 4.69) is 270 Å². The van der Waals surface area contributed by atoms with E-state index in [1.54, 1.807) is 0 Å². The van der Waals surface area contributed by atoms with Gasteiger partial charge in [-0.15, -0.1) is 0 Å². The molecule has 10 rings (SSSR count). The van der Waals surface area contributed by atoms with Crippen molar-refractivity contribution in [1.29, 1.82) is 0 Å². The van der Waals surface area contributed by atoms with Gasteiger partial charge >= 0.3 is 0 Å². The summed E-state index contributed by atoms with van der Waals surface area (Å²) >= 11 is 0. The van der Waals surface area contributed by atoms with Gasteiger partial charge in [0, 0.05) is 67.6 Å². The smallest absolute Gasteiger partial charge is 0.0542 e. The van der Waals surface area contributed by atoms with Gasteiger partial charge in [-0.2, -0.15) is 0 Å². The van der Waals surface area contributed by atoms with Gasteiger partial charge in [0.15, 0.2) is 0 Å². The molecule has 0 saturated carbocycles. The summed E-state index contributed by atoms with van der Waals surface area (Å²) in [5.41, 5.74) is 14.5. The number of nitrogens with zero attached hydrogens (tertiary/aromatic N) is 4. The van der Waals surface area contributed by atoms with Crippen LogP contribution in [-0.4, -0.2) is 4.57 Å². The van der Waals surface area contributed by atoms with Crippen molar-refractivity contribution in [1.82, 2.24) is 4.57 Å². The van der Waals surface area contributed by atoms with E-state index < -0.39 is 0 Å². The van der Waals surface area contributed by atoms with E-state index in [0.29, 0.717) is 5.92 Å². The Morgan fingerprint density at radius 2 is 0.656 bits per heavy atom. The van der Waals surface area contributed by atoms with Crippen molar-refractivity contribution in [2.24, 2.45) is 0 Å². The standard InChI is InChI=1S/C57H46N4/c1-42(2)43-33-35-48(36-34-43)59(46-23-11-5-12-24-46)50-28-18-30-52(40-50)60(51-29-17-27-49(39-51)58(44-19-7-3-8-20-44)45-21-9-4-10-22-45)53-37-38-57-55(41-53)54-31-15-16-32-56(54)61(57)47-25-13-6-14-26-47/h3-42H,1-2H3. The molecule has 0 saturated heterocycles. The van der Waals surface area contributed by atoms with Crippen molar-refractivity contribution in [3.8, 4) is 5.69 Å². The molecule has 0 aliphatic carbocycles. The van der Waals surface area contributed by atoms with Gasteiger partial charge in [0.2, 0.25) is 0 Å². The summed E-state index contributed by atoms with van der Waals surface area (Å²) in [6.45, 7) is 4.49. The molecule has 0 atom stereocenters. The van der Waals surface area contributed by atoms with E-state index >= 15 is 0 Å². The van der Waals surface area contributed by atoms with E-state index in [9.17, 15) is 0 Å². The zero-order valence-corrected chi connectivity index (χ0v) is 34.4. The fraction of sp³-hybridized carbons (Fsp3) is 0.0526. The molecule has 4 heteroatoms. The van der Waals surface area contributed by atoms with Gasteiger partial charge in [-0.3, -0.25) is 0 Å². The molecule has 1 aromatic heterocycles. The second kappa shape index (κ2) is 16.4. The second-order valence-electron chi connectivity index (χ2n) is 15.7. The molecule has 1 heterocycles. The summed E-state index contributed by atoms with van der Waals surface area (Å²) in [7, 11) is 0. The third kappa shape index (κ3) is 7.30. The van der Waals surface area contributed by atoms with Gasteiger partial charge in [-0.1, -0.05) is 129 Å². The molecule has 9 aromatic carbocycles. The van der Waals surface area contributed by atoms with Gasteiger partial charge < -0.3 is 19.3 Å². The molecule has 0 radical (unpaired) electrons. The molecule has 0 N–H and O–H groups in total. The summed E-state index contributed by atoms with van der Waals surface area (Å²) in [5, 5.41) is 2.41. The number of anilines is 9. The molecule has 0 fully saturated rings. The molecule has 0 amide bonds. The largest absolute Gasteiger partial charge is 0.310 e. The molecule has 0 spiro atoms. The summed E-state index contributed by atoms with van der Waals surface area (Å²) in [4.78, 5) is 7.08. The van der Waals surface area contributed by atoms with Gasteiger partial charge in [0.1, 0.15) is 0 Å². The zero-order chi connectivity index (χ0) is 41.1. The first-order chi connectivity index (χ1) is 30.1. The topological polar surface area (TPSA) is 14.7 Å². The highest BCUT2D eigenvalue weighted by molar-refractivity contribution is 6.10. The maximum atomic E-state index is 2.40. The number of para-hydroxylation sites is 5. The molecule has 10 aromatic rings. The molecular formula is C57H46N4. The van der Waals surface area contributed by atoms with Crippen molar-refractivity contribution in [2.45, 2.75) is 19.8 Å². The van der Waals surface area contributed by atoms with E-state index in [1.807, 2.05) is 0 Å². The number of fused-ring (bicyclic) bond motifs is 3. The Morgan fingerprint density at radius 1 is 0.295 bits per heavy atom. The van der Waals surface area contributed by atoms with Crippen LogP contribution in [0.5, 0.6) is 0 Å². The molecule has 61 heavy (non-hydrogen) atoms. The first kappa shape index (κ1) is 37.5. The lowest BCUT2D eigenvalue weighted by molar-refractivity contribution is 0.866. The minimum absolute atomic E-state index is 0.450. The lowest BCUT2D eigenvalue weighted by Gasteiger charge is -2.31. The Kier molecular flexibility index (Phi) is 10.1. The minimum atomic E-state index is 0.450. The number of hydrogen-bond acceptors (Lipinski definition) is 3. The van der Waals surface area contributed by atoms with Gasteiger partial charge in [0.25, 0.3) is 0 Å². The fourth-order valence-corrected chi connectivity index (χ4v) is 8.58. The van der Waals surface area contributed by atoms with Crippen molar-refractivity contribution in [3.05, 3.63) is 242 Å². The molecule has 4 nitrogen and oxygen atoms in total. The highest BCUT2D eigenvalue weighted by Crippen LogP contribution is 2.44. The number of benzene rings is 9. The van der Waals surface area contributed by atoms with Crippen LogP contribution < -0.4 is 14.7 Å². The highest BCUT2D eigenvalue weighted by atomic mass is 15.2. The molecule has 0 aliphatic heterocycles. The lowest BCUT2D eigenvalue weighted by Crippen LogP contribution is -2.14. The Bertz CT molecular complexity index is 3010. The van der Waals surface area contributed by atoms with E-state index in [0.717, 1.165) is 62.4 Å². The average molecular weight is 787 g/mol. The van der Waals surface area contributed by atoms with Crippen LogP contribution in [-0.2, 0) is 0 Å². The SMILES string of the molecule is CC(C)c1ccc(N(c2ccccc2)c2cccc(N(c3cccc(N(c4ccccc4)c4ccccc4)c3)c3ccc4c(c3)c3ccccc3n4-c3ccccc3)c2)cc1. The third-order valence-electron chi connectivity index (χ3n) is 11.5. The Balaban J connectivity index is 1.18. The fourth-order valence-electron chi connectivity index (χ4n) is 8.58. The third-order valence-corrected chi connectivity index (χ3v) is 11.5. The summed E-state index contributed by atoms with van der Waals surface area (Å²) in [6.07, 6.45) is 0. The summed E-state index contributed by atoms with van der Waals surface area (Å²) in [5.74, 6) is 0.450. The molecule has 0 bridgehead atoms. The van der Waals surface area contributed by atoms with Crippen molar-refractivity contribution in [3.63, 3.8) is 0 Å². The van der Waals surface area contributed by atoms with Crippen molar-refractivity contribution < 1.29 is 0 Å². The van der Waals surface area contributed by atoms with Crippen molar-refractivity contribution in [2.75, 3.05) is 14.7 Å². The van der Waals surface area contributed by atoms with E-state index in [1.165, 1.54) is 21.9 Å². The predicted octanol–water partition coefficient (Wildman–Crippen LogP) is 16.3. The summed E-state index contributed by atoms with van der Waals surface area (Å²) in [6, 6.07) is 85.0.